The molecule has 1 aliphatic rings. The summed E-state index contributed by atoms with van der Waals surface area (Å²) in [7, 11) is 0. The fourth-order valence-electron chi connectivity index (χ4n) is 2.64. The van der Waals surface area contributed by atoms with Gasteiger partial charge in [-0.1, -0.05) is 31.4 Å². The molecular formula is C16H21ClFNO2. The molecule has 1 aromatic carbocycles. The molecule has 1 amide bonds. The lowest BCUT2D eigenvalue weighted by Gasteiger charge is -2.30. The highest BCUT2D eigenvalue weighted by Crippen LogP contribution is 2.24. The Hall–Kier alpha value is -1.29. The van der Waals surface area contributed by atoms with E-state index in [1.54, 1.807) is 6.92 Å². The maximum Gasteiger partial charge on any atom is 0.261 e. The van der Waals surface area contributed by atoms with Crippen LogP contribution in [0.2, 0.25) is 5.02 Å². The normalized spacial score (nSPS) is 23.4. The van der Waals surface area contributed by atoms with Gasteiger partial charge in [-0.15, -0.1) is 0 Å². The Kier molecular flexibility index (Phi) is 5.45. The van der Waals surface area contributed by atoms with Crippen molar-refractivity contribution in [1.29, 1.82) is 0 Å². The van der Waals surface area contributed by atoms with E-state index in [2.05, 4.69) is 12.2 Å². The Morgan fingerprint density at radius 2 is 2.14 bits per heavy atom. The third-order valence-electron chi connectivity index (χ3n) is 4.01. The highest BCUT2D eigenvalue weighted by molar-refractivity contribution is 6.30. The first-order valence-electron chi connectivity index (χ1n) is 7.39. The smallest absolute Gasteiger partial charge is 0.261 e. The summed E-state index contributed by atoms with van der Waals surface area (Å²) in [6.45, 7) is 3.84. The molecule has 1 N–H and O–H groups in total. The molecule has 21 heavy (non-hydrogen) atoms. The number of amides is 1. The minimum atomic E-state index is -0.638. The zero-order valence-corrected chi connectivity index (χ0v) is 13.1. The van der Waals surface area contributed by atoms with Crippen molar-refractivity contribution in [3.63, 3.8) is 0 Å². The first-order valence-corrected chi connectivity index (χ1v) is 7.77. The van der Waals surface area contributed by atoms with Crippen LogP contribution in [0.15, 0.2) is 18.2 Å². The molecule has 2 rings (SSSR count). The van der Waals surface area contributed by atoms with Crippen molar-refractivity contribution in [3.8, 4) is 5.75 Å². The van der Waals surface area contributed by atoms with Crippen molar-refractivity contribution in [1.82, 2.24) is 5.32 Å². The summed E-state index contributed by atoms with van der Waals surface area (Å²) in [6.07, 6.45) is 3.90. The maximum atomic E-state index is 13.1. The van der Waals surface area contributed by atoms with Gasteiger partial charge in [0.15, 0.2) is 6.10 Å². The van der Waals surface area contributed by atoms with Gasteiger partial charge in [0.05, 0.1) is 5.02 Å². The summed E-state index contributed by atoms with van der Waals surface area (Å²) in [5.74, 6) is 0.238. The van der Waals surface area contributed by atoms with Crippen molar-refractivity contribution < 1.29 is 13.9 Å². The van der Waals surface area contributed by atoms with Crippen LogP contribution in [0.4, 0.5) is 4.39 Å². The molecule has 116 valence electrons. The number of carbonyl (C=O) groups is 1. The van der Waals surface area contributed by atoms with E-state index in [-0.39, 0.29) is 17.0 Å². The van der Waals surface area contributed by atoms with Crippen LogP contribution < -0.4 is 10.1 Å². The fourth-order valence-corrected chi connectivity index (χ4v) is 2.81. The van der Waals surface area contributed by atoms with Crippen LogP contribution >= 0.6 is 11.6 Å². The van der Waals surface area contributed by atoms with E-state index < -0.39 is 11.9 Å². The van der Waals surface area contributed by atoms with Crippen LogP contribution in [-0.2, 0) is 4.79 Å². The Bertz CT molecular complexity index is 509. The van der Waals surface area contributed by atoms with Gasteiger partial charge in [-0.05, 0) is 37.8 Å². The van der Waals surface area contributed by atoms with Gasteiger partial charge < -0.3 is 10.1 Å². The van der Waals surface area contributed by atoms with Gasteiger partial charge in [0.25, 0.3) is 5.91 Å². The van der Waals surface area contributed by atoms with Gasteiger partial charge in [-0.2, -0.15) is 0 Å². The molecule has 1 saturated carbocycles. The van der Waals surface area contributed by atoms with E-state index in [0.717, 1.165) is 19.3 Å². The number of ether oxygens (including phenoxy) is 1. The lowest BCUT2D eigenvalue weighted by Crippen LogP contribution is -2.46. The molecule has 3 atom stereocenters. The first-order chi connectivity index (χ1) is 9.97. The average Bonchev–Trinajstić information content (AvgIpc) is 2.45. The topological polar surface area (TPSA) is 38.3 Å². The second-order valence-corrected chi connectivity index (χ2v) is 6.12. The van der Waals surface area contributed by atoms with Gasteiger partial charge >= 0.3 is 0 Å². The SMILES string of the molecule is C[C@@H](Oc1ccc(F)c(Cl)c1)C(=O)N[C@@H]1CCCC[C@@H]1C. The number of benzene rings is 1. The van der Waals surface area contributed by atoms with E-state index >= 15 is 0 Å². The molecule has 1 aromatic rings. The number of hydrogen-bond donors (Lipinski definition) is 1. The lowest BCUT2D eigenvalue weighted by atomic mass is 9.86. The highest BCUT2D eigenvalue weighted by Gasteiger charge is 2.25. The average molecular weight is 314 g/mol. The van der Waals surface area contributed by atoms with E-state index in [4.69, 9.17) is 16.3 Å². The molecule has 0 aliphatic heterocycles. The van der Waals surface area contributed by atoms with Gasteiger partial charge in [0, 0.05) is 12.1 Å². The summed E-state index contributed by atoms with van der Waals surface area (Å²) >= 11 is 5.70. The highest BCUT2D eigenvalue weighted by atomic mass is 35.5. The van der Waals surface area contributed by atoms with Gasteiger partial charge in [-0.3, -0.25) is 4.79 Å². The third-order valence-corrected chi connectivity index (χ3v) is 4.30. The zero-order valence-electron chi connectivity index (χ0n) is 12.4. The van der Waals surface area contributed by atoms with Crippen LogP contribution in [0.1, 0.15) is 39.5 Å². The molecule has 0 radical (unpaired) electrons. The van der Waals surface area contributed by atoms with Crippen LogP contribution in [0.3, 0.4) is 0 Å². The molecule has 1 aliphatic carbocycles. The molecule has 0 heterocycles. The molecule has 5 heteroatoms. The first kappa shape index (κ1) is 16.1. The summed E-state index contributed by atoms with van der Waals surface area (Å²) in [5, 5.41) is 3.03. The van der Waals surface area contributed by atoms with Crippen LogP contribution in [0.5, 0.6) is 5.75 Å². The monoisotopic (exact) mass is 313 g/mol. The summed E-state index contributed by atoms with van der Waals surface area (Å²) in [6, 6.07) is 4.29. The second kappa shape index (κ2) is 7.12. The Balaban J connectivity index is 1.91. The molecule has 1 fully saturated rings. The van der Waals surface area contributed by atoms with E-state index in [1.807, 2.05) is 0 Å². The zero-order chi connectivity index (χ0) is 15.4. The summed E-state index contributed by atoms with van der Waals surface area (Å²) < 4.78 is 18.6. The third kappa shape index (κ3) is 4.34. The fraction of sp³-hybridized carbons (Fsp3) is 0.562. The maximum absolute atomic E-state index is 13.1. The molecule has 0 bridgehead atoms. The minimum Gasteiger partial charge on any atom is -0.481 e. The van der Waals surface area contributed by atoms with Crippen LogP contribution in [0.25, 0.3) is 0 Å². The number of halogens is 2. The summed E-state index contributed by atoms with van der Waals surface area (Å²) in [5.41, 5.74) is 0. The number of hydrogen-bond acceptors (Lipinski definition) is 2. The molecule has 0 spiro atoms. The van der Waals surface area contributed by atoms with Gasteiger partial charge in [0.1, 0.15) is 11.6 Å². The van der Waals surface area contributed by atoms with E-state index in [1.165, 1.54) is 24.6 Å². The van der Waals surface area contributed by atoms with E-state index in [0.29, 0.717) is 11.7 Å². The van der Waals surface area contributed by atoms with Crippen LogP contribution in [-0.4, -0.2) is 18.1 Å². The lowest BCUT2D eigenvalue weighted by molar-refractivity contribution is -0.128. The molecule has 3 nitrogen and oxygen atoms in total. The van der Waals surface area contributed by atoms with Gasteiger partial charge in [0.2, 0.25) is 0 Å². The molecule has 0 aromatic heterocycles. The van der Waals surface area contributed by atoms with Crippen molar-refractivity contribution >= 4 is 17.5 Å². The number of rotatable bonds is 4. The number of carbonyl (C=O) groups excluding carboxylic acids is 1. The molecular weight excluding hydrogens is 293 g/mol. The second-order valence-electron chi connectivity index (χ2n) is 5.71. The standard InChI is InChI=1S/C16H21ClFNO2/c1-10-5-3-4-6-15(10)19-16(20)11(2)21-12-7-8-14(18)13(17)9-12/h7-11,15H,3-6H2,1-2H3,(H,19,20)/t10-,11+,15+/m0/s1. The van der Waals surface area contributed by atoms with Crippen molar-refractivity contribution in [2.45, 2.75) is 51.7 Å². The minimum absolute atomic E-state index is 0.0130. The van der Waals surface area contributed by atoms with Crippen molar-refractivity contribution in [2.75, 3.05) is 0 Å². The quantitative estimate of drug-likeness (QED) is 0.914. The Labute approximate surface area is 129 Å². The van der Waals surface area contributed by atoms with Crippen molar-refractivity contribution in [3.05, 3.63) is 29.0 Å². The van der Waals surface area contributed by atoms with E-state index in [9.17, 15) is 9.18 Å². The molecule has 0 saturated heterocycles. The Morgan fingerprint density at radius 3 is 2.81 bits per heavy atom. The molecule has 0 unspecified atom stereocenters. The van der Waals surface area contributed by atoms with Gasteiger partial charge in [-0.25, -0.2) is 4.39 Å². The predicted molar refractivity (Wildman–Crippen MR) is 81.1 cm³/mol. The predicted octanol–water partition coefficient (Wildman–Crippen LogP) is 3.94. The van der Waals surface area contributed by atoms with Crippen molar-refractivity contribution in [2.24, 2.45) is 5.92 Å². The Morgan fingerprint density at radius 1 is 1.43 bits per heavy atom. The number of nitrogens with one attached hydrogen (secondary N) is 1. The largest absolute Gasteiger partial charge is 0.481 e. The van der Waals surface area contributed by atoms with Crippen LogP contribution in [0, 0.1) is 11.7 Å². The summed E-state index contributed by atoms with van der Waals surface area (Å²) in [4.78, 5) is 12.2.